The minimum atomic E-state index is -0.955. The number of carbonyl (C=O) groups excluding carboxylic acids is 8. The molecule has 2 aromatic carbocycles. The van der Waals surface area contributed by atoms with E-state index in [1.54, 1.807) is 0 Å². The molecule has 14 nitrogen and oxygen atoms in total. The lowest BCUT2D eigenvalue weighted by atomic mass is 9.82. The smallest absolute Gasteiger partial charge is 0.311 e. The van der Waals surface area contributed by atoms with Crippen molar-refractivity contribution in [3.63, 3.8) is 0 Å². The summed E-state index contributed by atoms with van der Waals surface area (Å²) in [5.41, 5.74) is -1.81. The molecule has 76 heavy (non-hydrogen) atoms. The highest BCUT2D eigenvalue weighted by molar-refractivity contribution is 6.31. The van der Waals surface area contributed by atoms with Crippen molar-refractivity contribution in [2.75, 3.05) is 0 Å². The largest absolute Gasteiger partial charge is 0.422 e. The van der Waals surface area contributed by atoms with Crippen LogP contribution in [0.15, 0.2) is 12.1 Å². The molecule has 424 valence electrons. The average Bonchev–Trinajstić information content (AvgIpc) is 3.39. The predicted molar refractivity (Wildman–Crippen MR) is 294 cm³/mol. The summed E-state index contributed by atoms with van der Waals surface area (Å²) in [6.07, 6.45) is 24.1. The third kappa shape index (κ3) is 23.1. The molecule has 14 heteroatoms. The van der Waals surface area contributed by atoms with Crippen LogP contribution < -0.4 is 28.4 Å². The van der Waals surface area contributed by atoms with Crippen molar-refractivity contribution in [3.8, 4) is 34.5 Å². The molecule has 3 rings (SSSR count). The molecule has 1 aliphatic rings. The average molecular weight is 1060 g/mol. The van der Waals surface area contributed by atoms with Gasteiger partial charge in [-0.3, -0.25) is 38.4 Å². The van der Waals surface area contributed by atoms with Gasteiger partial charge >= 0.3 is 35.8 Å². The summed E-state index contributed by atoms with van der Waals surface area (Å²) >= 11 is 0. The van der Waals surface area contributed by atoms with Gasteiger partial charge in [-0.1, -0.05) is 196 Å². The maximum absolute atomic E-state index is 15.5. The van der Waals surface area contributed by atoms with Crippen LogP contribution in [0, 0.1) is 0 Å². The van der Waals surface area contributed by atoms with Crippen molar-refractivity contribution in [1.29, 1.82) is 0 Å². The van der Waals surface area contributed by atoms with Gasteiger partial charge in [0.25, 0.3) is 0 Å². The van der Waals surface area contributed by atoms with Gasteiger partial charge in [-0.2, -0.15) is 0 Å². The summed E-state index contributed by atoms with van der Waals surface area (Å²) in [6, 6.07) is 2.21. The molecule has 0 spiro atoms. The van der Waals surface area contributed by atoms with Gasteiger partial charge in [-0.05, 0) is 50.7 Å². The van der Waals surface area contributed by atoms with Crippen LogP contribution in [-0.2, 0) is 28.8 Å². The van der Waals surface area contributed by atoms with E-state index in [0.29, 0.717) is 51.4 Å². The van der Waals surface area contributed by atoms with E-state index < -0.39 is 104 Å². The number of esters is 6. The minimum absolute atomic E-state index is 0.0275. The van der Waals surface area contributed by atoms with Gasteiger partial charge in [-0.25, -0.2) is 0 Å². The van der Waals surface area contributed by atoms with Crippen LogP contribution in [0.5, 0.6) is 34.5 Å². The fraction of sp³-hybridized carbons (Fsp3) is 0.677. The molecule has 0 saturated carbocycles. The highest BCUT2D eigenvalue weighted by atomic mass is 16.6. The van der Waals surface area contributed by atoms with Crippen LogP contribution in [0.4, 0.5) is 0 Å². The number of ether oxygens (including phenoxy) is 6. The lowest BCUT2D eigenvalue weighted by Crippen LogP contribution is -2.27. The van der Waals surface area contributed by atoms with E-state index in [-0.39, 0.29) is 38.5 Å². The molecule has 0 unspecified atom stereocenters. The zero-order valence-electron chi connectivity index (χ0n) is 47.3. The van der Waals surface area contributed by atoms with E-state index in [1.807, 2.05) is 0 Å². The van der Waals surface area contributed by atoms with E-state index >= 15 is 9.59 Å². The molecule has 0 heterocycles. The highest BCUT2D eigenvalue weighted by Crippen LogP contribution is 2.51. The quantitative estimate of drug-likeness (QED) is 0.0295. The summed E-state index contributed by atoms with van der Waals surface area (Å²) in [6.45, 7) is 12.5. The van der Waals surface area contributed by atoms with Crippen LogP contribution >= 0.6 is 0 Å². The molecule has 1 aliphatic carbocycles. The Hall–Kier alpha value is -5.40. The molecule has 0 amide bonds. The second-order valence-corrected chi connectivity index (χ2v) is 20.4. The van der Waals surface area contributed by atoms with Crippen LogP contribution in [-0.4, -0.2) is 47.4 Å². The maximum Gasteiger partial charge on any atom is 0.311 e. The lowest BCUT2D eigenvalue weighted by molar-refractivity contribution is -0.138. The standard InChI is InChI=1S/C62H92O14/c1-7-13-19-25-31-37-49(63)71-47-43-45-55(61(75-53(67)41-35-29-23-17-11-5)59(47)73-51(65)39-33-27-21-15-9-3)58(70)46-44-48(72-50(64)38-32-26-20-14-8-2)60(74-52(66)40-34-28-22-16-10-4)62(56(46)57(45)69)76-54(68)42-36-30-24-18-12-6/h43-44H,7-42H2,1-6H3. The zero-order valence-corrected chi connectivity index (χ0v) is 47.3. The van der Waals surface area contributed by atoms with Crippen LogP contribution in [0.25, 0.3) is 0 Å². The van der Waals surface area contributed by atoms with Crippen LogP contribution in [0.1, 0.15) is 305 Å². The van der Waals surface area contributed by atoms with Gasteiger partial charge in [0.15, 0.2) is 34.6 Å². The Balaban J connectivity index is 2.39. The lowest BCUT2D eigenvalue weighted by Gasteiger charge is -2.26. The van der Waals surface area contributed by atoms with Crippen LogP contribution in [0.2, 0.25) is 0 Å². The van der Waals surface area contributed by atoms with E-state index in [0.717, 1.165) is 153 Å². The summed E-state index contributed by atoms with van der Waals surface area (Å²) in [5, 5.41) is 0. The van der Waals surface area contributed by atoms with Crippen molar-refractivity contribution in [2.45, 2.75) is 273 Å². The number of benzene rings is 2. The van der Waals surface area contributed by atoms with Gasteiger partial charge < -0.3 is 28.4 Å². The van der Waals surface area contributed by atoms with E-state index in [2.05, 4.69) is 41.5 Å². The number of hydrogen-bond donors (Lipinski definition) is 0. The van der Waals surface area contributed by atoms with Crippen molar-refractivity contribution < 1.29 is 66.8 Å². The normalized spacial score (nSPS) is 11.7. The second-order valence-electron chi connectivity index (χ2n) is 20.4. The number of carbonyl (C=O) groups is 8. The van der Waals surface area contributed by atoms with Gasteiger partial charge in [-0.15, -0.1) is 0 Å². The van der Waals surface area contributed by atoms with Crippen molar-refractivity contribution in [2.24, 2.45) is 0 Å². The molecule has 2 aromatic rings. The molecular formula is C62H92O14. The number of fused-ring (bicyclic) bond motifs is 2. The first-order valence-electron chi connectivity index (χ1n) is 29.6. The minimum Gasteiger partial charge on any atom is -0.422 e. The van der Waals surface area contributed by atoms with Crippen molar-refractivity contribution >= 4 is 47.4 Å². The summed E-state index contributed by atoms with van der Waals surface area (Å²) in [7, 11) is 0. The Morgan fingerprint density at radius 1 is 0.276 bits per heavy atom. The Bertz CT molecular complexity index is 2020. The third-order valence-electron chi connectivity index (χ3n) is 13.6. The fourth-order valence-corrected chi connectivity index (χ4v) is 9.10. The number of unbranched alkanes of at least 4 members (excludes halogenated alkanes) is 24. The third-order valence-corrected chi connectivity index (χ3v) is 13.6. The monoisotopic (exact) mass is 1060 g/mol. The summed E-state index contributed by atoms with van der Waals surface area (Å²) in [5.74, 6) is -9.52. The number of hydrogen-bond acceptors (Lipinski definition) is 14. The first-order chi connectivity index (χ1) is 36.8. The van der Waals surface area contributed by atoms with Crippen LogP contribution in [0.3, 0.4) is 0 Å². The first kappa shape index (κ1) is 64.9. The van der Waals surface area contributed by atoms with E-state index in [9.17, 15) is 28.8 Å². The molecule has 0 saturated heterocycles. The molecule has 0 aliphatic heterocycles. The predicted octanol–water partition coefficient (Wildman–Crippen LogP) is 16.1. The SMILES string of the molecule is CCCCCCCC(=O)Oc1cc2c(c(OC(=O)CCCCCCC)c1OC(=O)CCCCCCC)C(=O)c1cc(OC(=O)CCCCCCC)c(OC(=O)CCCCCCC)c(OC(=O)CCCCCCC)c1C2=O. The Morgan fingerprint density at radius 3 is 0.697 bits per heavy atom. The van der Waals surface area contributed by atoms with E-state index in [4.69, 9.17) is 28.4 Å². The summed E-state index contributed by atoms with van der Waals surface area (Å²) in [4.78, 5) is 114. The van der Waals surface area contributed by atoms with Crippen molar-refractivity contribution in [1.82, 2.24) is 0 Å². The molecule has 0 radical (unpaired) electrons. The van der Waals surface area contributed by atoms with Gasteiger partial charge in [0.1, 0.15) is 0 Å². The van der Waals surface area contributed by atoms with Gasteiger partial charge in [0.05, 0.1) is 11.1 Å². The van der Waals surface area contributed by atoms with Crippen molar-refractivity contribution in [3.05, 3.63) is 34.4 Å². The molecule has 0 bridgehead atoms. The maximum atomic E-state index is 15.5. The first-order valence-corrected chi connectivity index (χ1v) is 29.6. The van der Waals surface area contributed by atoms with Gasteiger partial charge in [0.2, 0.25) is 11.5 Å². The Labute approximate surface area is 454 Å². The van der Waals surface area contributed by atoms with E-state index in [1.165, 1.54) is 0 Å². The number of ketones is 2. The second kappa shape index (κ2) is 38.2. The van der Waals surface area contributed by atoms with Gasteiger partial charge in [0, 0.05) is 49.7 Å². The summed E-state index contributed by atoms with van der Waals surface area (Å²) < 4.78 is 35.9. The number of rotatable bonds is 42. The molecule has 0 N–H and O–H groups in total. The topological polar surface area (TPSA) is 192 Å². The Morgan fingerprint density at radius 2 is 0.474 bits per heavy atom. The molecule has 0 fully saturated rings. The zero-order chi connectivity index (χ0) is 55.5. The molecule has 0 atom stereocenters. The Kier molecular flexibility index (Phi) is 32.6. The fourth-order valence-electron chi connectivity index (χ4n) is 9.10. The molecule has 0 aromatic heterocycles. The highest BCUT2D eigenvalue weighted by Gasteiger charge is 2.43. The molecular weight excluding hydrogens is 969 g/mol.